The van der Waals surface area contributed by atoms with Crippen molar-refractivity contribution in [1.82, 2.24) is 5.01 Å². The SMILES string of the molecule is COc1ccc([C@H]2Oc3ccccc3[C@@H]3CC(c4ccc(Br)s4)=NN23)c(C(=O)O)c1OC. The van der Waals surface area contributed by atoms with E-state index in [-0.39, 0.29) is 17.4 Å². The Labute approximate surface area is 197 Å². The van der Waals surface area contributed by atoms with E-state index < -0.39 is 12.2 Å². The molecule has 2 aliphatic rings. The summed E-state index contributed by atoms with van der Waals surface area (Å²) >= 11 is 5.14. The first kappa shape index (κ1) is 20.8. The fraction of sp³-hybridized carbons (Fsp3) is 0.217. The number of fused-ring (bicyclic) bond motifs is 3. The van der Waals surface area contributed by atoms with Gasteiger partial charge in [-0.1, -0.05) is 18.2 Å². The number of carbonyl (C=O) groups is 1. The number of benzene rings is 2. The second-order valence-electron chi connectivity index (χ2n) is 7.33. The van der Waals surface area contributed by atoms with Gasteiger partial charge < -0.3 is 19.3 Å². The average molecular weight is 515 g/mol. The molecule has 0 amide bonds. The highest BCUT2D eigenvalue weighted by atomic mass is 79.9. The molecule has 2 aromatic carbocycles. The van der Waals surface area contributed by atoms with Gasteiger partial charge >= 0.3 is 5.97 Å². The van der Waals surface area contributed by atoms with Gasteiger partial charge in [-0.3, -0.25) is 0 Å². The molecule has 3 heterocycles. The van der Waals surface area contributed by atoms with Crippen molar-refractivity contribution in [2.45, 2.75) is 18.7 Å². The van der Waals surface area contributed by atoms with Crippen molar-refractivity contribution < 1.29 is 24.1 Å². The van der Waals surface area contributed by atoms with Crippen LogP contribution in [0, 0.1) is 0 Å². The lowest BCUT2D eigenvalue weighted by atomic mass is 9.96. The van der Waals surface area contributed by atoms with Crippen LogP contribution in [-0.4, -0.2) is 36.0 Å². The first-order valence-electron chi connectivity index (χ1n) is 9.87. The number of hydrogen-bond acceptors (Lipinski definition) is 7. The minimum Gasteiger partial charge on any atom is -0.493 e. The molecule has 0 saturated carbocycles. The summed E-state index contributed by atoms with van der Waals surface area (Å²) in [6.45, 7) is 0. The van der Waals surface area contributed by atoms with Gasteiger partial charge in [-0.05, 0) is 46.3 Å². The lowest BCUT2D eigenvalue weighted by molar-refractivity contribution is -0.0199. The molecule has 0 bridgehead atoms. The Kier molecular flexibility index (Phi) is 5.30. The average Bonchev–Trinajstić information content (AvgIpc) is 3.44. The Balaban J connectivity index is 1.67. The van der Waals surface area contributed by atoms with Crippen LogP contribution in [0.25, 0.3) is 0 Å². The number of hydrazone groups is 1. The molecule has 0 saturated heterocycles. The lowest BCUT2D eigenvalue weighted by Gasteiger charge is -2.38. The number of halogens is 1. The third-order valence-corrected chi connectivity index (χ3v) is 7.29. The number of rotatable bonds is 5. The Morgan fingerprint density at radius 2 is 1.97 bits per heavy atom. The van der Waals surface area contributed by atoms with Crippen molar-refractivity contribution >= 4 is 38.9 Å². The van der Waals surface area contributed by atoms with Gasteiger partial charge in [0.25, 0.3) is 0 Å². The zero-order valence-corrected chi connectivity index (χ0v) is 19.6. The van der Waals surface area contributed by atoms with Crippen LogP contribution in [0.1, 0.15) is 45.1 Å². The predicted molar refractivity (Wildman–Crippen MR) is 124 cm³/mol. The molecular formula is C23H19BrN2O5S. The Hall–Kier alpha value is -3.04. The van der Waals surface area contributed by atoms with E-state index in [2.05, 4.69) is 15.9 Å². The standard InChI is InChI=1S/C23H19BrN2O5S/c1-29-17-8-7-13(20(23(27)28)21(17)30-2)22-26-15(12-5-3-4-6-16(12)31-22)11-14(25-26)18-9-10-19(24)32-18/h3-10,15,22H,11H2,1-2H3,(H,27,28)/t15-,22+/m0/s1. The van der Waals surface area contributed by atoms with Gasteiger partial charge in [0.05, 0.1) is 34.6 Å². The number of carboxylic acids is 1. The highest BCUT2D eigenvalue weighted by molar-refractivity contribution is 9.11. The number of methoxy groups -OCH3 is 2. The quantitative estimate of drug-likeness (QED) is 0.486. The van der Waals surface area contributed by atoms with Crippen LogP contribution in [0.4, 0.5) is 0 Å². The molecule has 3 aromatic rings. The maximum absolute atomic E-state index is 12.3. The molecule has 1 aromatic heterocycles. The van der Waals surface area contributed by atoms with Gasteiger partial charge in [0, 0.05) is 17.5 Å². The Morgan fingerprint density at radius 1 is 1.16 bits per heavy atom. The molecule has 0 radical (unpaired) electrons. The minimum absolute atomic E-state index is 0.00232. The van der Waals surface area contributed by atoms with Gasteiger partial charge in [-0.2, -0.15) is 5.10 Å². The zero-order valence-electron chi connectivity index (χ0n) is 17.2. The molecule has 2 atom stereocenters. The summed E-state index contributed by atoms with van der Waals surface area (Å²) in [5, 5.41) is 16.8. The molecule has 5 rings (SSSR count). The van der Waals surface area contributed by atoms with Crippen LogP contribution in [0.3, 0.4) is 0 Å². The number of carboxylic acid groups (broad SMARTS) is 1. The third-order valence-electron chi connectivity index (χ3n) is 5.61. The molecule has 0 fully saturated rings. The number of thiophene rings is 1. The summed E-state index contributed by atoms with van der Waals surface area (Å²) in [4.78, 5) is 13.4. The van der Waals surface area contributed by atoms with E-state index in [4.69, 9.17) is 19.3 Å². The molecule has 0 unspecified atom stereocenters. The fourth-order valence-corrected chi connectivity index (χ4v) is 5.61. The van der Waals surface area contributed by atoms with Crippen LogP contribution >= 0.6 is 27.3 Å². The zero-order chi connectivity index (χ0) is 22.4. The summed E-state index contributed by atoms with van der Waals surface area (Å²) < 4.78 is 18.1. The molecule has 2 aliphatic heterocycles. The molecule has 7 nitrogen and oxygen atoms in total. The van der Waals surface area contributed by atoms with Gasteiger partial charge in [0.2, 0.25) is 6.23 Å². The number of nitrogens with zero attached hydrogens (tertiary/aromatic N) is 2. The lowest BCUT2D eigenvalue weighted by Crippen LogP contribution is -2.34. The van der Waals surface area contributed by atoms with Crippen molar-refractivity contribution in [1.29, 1.82) is 0 Å². The number of para-hydroxylation sites is 1. The second kappa shape index (κ2) is 8.14. The largest absolute Gasteiger partial charge is 0.493 e. The molecule has 0 spiro atoms. The van der Waals surface area contributed by atoms with Crippen molar-refractivity contribution in [3.05, 3.63) is 73.9 Å². The van der Waals surface area contributed by atoms with Crippen molar-refractivity contribution in [3.8, 4) is 17.2 Å². The number of ether oxygens (including phenoxy) is 3. The number of hydrogen-bond donors (Lipinski definition) is 1. The summed E-state index contributed by atoms with van der Waals surface area (Å²) in [7, 11) is 2.90. The van der Waals surface area contributed by atoms with Crippen molar-refractivity contribution in [2.75, 3.05) is 14.2 Å². The van der Waals surface area contributed by atoms with E-state index in [0.29, 0.717) is 23.5 Å². The second-order valence-corrected chi connectivity index (χ2v) is 9.79. The normalized spacial score (nSPS) is 19.0. The molecule has 164 valence electrons. The van der Waals surface area contributed by atoms with Crippen LogP contribution in [0.15, 0.2) is 57.4 Å². The molecule has 32 heavy (non-hydrogen) atoms. The fourth-order valence-electron chi connectivity index (χ4n) is 4.23. The Bertz CT molecular complexity index is 1240. The van der Waals surface area contributed by atoms with E-state index >= 15 is 0 Å². The number of aromatic carboxylic acids is 1. The van der Waals surface area contributed by atoms with Gasteiger partial charge in [-0.25, -0.2) is 9.80 Å². The van der Waals surface area contributed by atoms with Gasteiger partial charge in [0.15, 0.2) is 11.5 Å². The van der Waals surface area contributed by atoms with Crippen LogP contribution in [-0.2, 0) is 0 Å². The summed E-state index contributed by atoms with van der Waals surface area (Å²) in [5.41, 5.74) is 2.41. The highest BCUT2D eigenvalue weighted by Crippen LogP contribution is 2.49. The predicted octanol–water partition coefficient (Wildman–Crippen LogP) is 5.47. The highest BCUT2D eigenvalue weighted by Gasteiger charge is 2.43. The van der Waals surface area contributed by atoms with Crippen molar-refractivity contribution in [3.63, 3.8) is 0 Å². The topological polar surface area (TPSA) is 80.6 Å². The van der Waals surface area contributed by atoms with E-state index in [1.54, 1.807) is 23.5 Å². The van der Waals surface area contributed by atoms with Crippen LogP contribution in [0.5, 0.6) is 17.2 Å². The summed E-state index contributed by atoms with van der Waals surface area (Å²) in [5.74, 6) is 0.0894. The summed E-state index contributed by atoms with van der Waals surface area (Å²) in [6.07, 6.45) is -0.0406. The Morgan fingerprint density at radius 3 is 2.66 bits per heavy atom. The first-order valence-corrected chi connectivity index (χ1v) is 11.5. The van der Waals surface area contributed by atoms with E-state index in [0.717, 1.165) is 19.9 Å². The van der Waals surface area contributed by atoms with E-state index in [1.165, 1.54) is 14.2 Å². The monoisotopic (exact) mass is 514 g/mol. The molecule has 0 aliphatic carbocycles. The van der Waals surface area contributed by atoms with E-state index in [1.807, 2.05) is 41.4 Å². The smallest absolute Gasteiger partial charge is 0.340 e. The van der Waals surface area contributed by atoms with Gasteiger partial charge in [0.1, 0.15) is 11.3 Å². The molecule has 1 N–H and O–H groups in total. The minimum atomic E-state index is -1.12. The summed E-state index contributed by atoms with van der Waals surface area (Å²) in [6, 6.07) is 15.2. The molecule has 9 heteroatoms. The maximum Gasteiger partial charge on any atom is 0.340 e. The third kappa shape index (κ3) is 3.32. The molecular weight excluding hydrogens is 496 g/mol. The van der Waals surface area contributed by atoms with Gasteiger partial charge in [-0.15, -0.1) is 11.3 Å². The van der Waals surface area contributed by atoms with E-state index in [9.17, 15) is 9.90 Å². The van der Waals surface area contributed by atoms with Crippen LogP contribution < -0.4 is 14.2 Å². The maximum atomic E-state index is 12.3. The van der Waals surface area contributed by atoms with Crippen LogP contribution in [0.2, 0.25) is 0 Å². The first-order chi connectivity index (χ1) is 15.5. The van der Waals surface area contributed by atoms with Crippen molar-refractivity contribution in [2.24, 2.45) is 5.10 Å².